The zero-order valence-electron chi connectivity index (χ0n) is 28.3. The van der Waals surface area contributed by atoms with Crippen LogP contribution in [-0.4, -0.2) is 37.6 Å². The second-order valence-corrected chi connectivity index (χ2v) is 12.5. The maximum atomic E-state index is 11.0. The molecule has 45 heavy (non-hydrogen) atoms. The van der Waals surface area contributed by atoms with Gasteiger partial charge in [0.05, 0.1) is 52.4 Å². The van der Waals surface area contributed by atoms with Gasteiger partial charge < -0.3 is 24.1 Å². The first-order valence-corrected chi connectivity index (χ1v) is 16.2. The first-order valence-electron chi connectivity index (χ1n) is 16.2. The minimum Gasteiger partial charge on any atom is -0.497 e. The fraction of sp³-hybridized carbons (Fsp3) is 0.450. The molecule has 0 unspecified atom stereocenters. The number of ether oxygens (including phenoxy) is 4. The minimum atomic E-state index is -0.497. The lowest BCUT2D eigenvalue weighted by Gasteiger charge is -2.29. The highest BCUT2D eigenvalue weighted by atomic mass is 16.5. The zero-order chi connectivity index (χ0) is 32.6. The molecule has 0 radical (unpaired) electrons. The SMILES string of the molecule is COc1ccc(CO[C@H]([C@@H](C)/C=C(C)/C(C)=C/[C@H](C)[C@@H](O)[C@@H](C)COCc2ccccc2)[C@@H](C)COCc2ccccc2)cc1. The van der Waals surface area contributed by atoms with Crippen molar-refractivity contribution >= 4 is 0 Å². The van der Waals surface area contributed by atoms with Gasteiger partial charge in [0, 0.05) is 23.7 Å². The van der Waals surface area contributed by atoms with Crippen LogP contribution < -0.4 is 4.74 Å². The molecule has 6 atom stereocenters. The van der Waals surface area contributed by atoms with Crippen molar-refractivity contribution in [2.75, 3.05) is 20.3 Å². The van der Waals surface area contributed by atoms with Gasteiger partial charge in [0.15, 0.2) is 0 Å². The van der Waals surface area contributed by atoms with Crippen LogP contribution in [0.25, 0.3) is 0 Å². The van der Waals surface area contributed by atoms with E-state index in [1.807, 2.05) is 67.6 Å². The van der Waals surface area contributed by atoms with Crippen molar-refractivity contribution in [3.63, 3.8) is 0 Å². The Morgan fingerprint density at radius 1 is 0.622 bits per heavy atom. The smallest absolute Gasteiger partial charge is 0.118 e. The predicted molar refractivity (Wildman–Crippen MR) is 184 cm³/mol. The average Bonchev–Trinajstić information content (AvgIpc) is 3.05. The molecule has 0 heterocycles. The monoisotopic (exact) mass is 614 g/mol. The lowest BCUT2D eigenvalue weighted by Crippen LogP contribution is -2.31. The number of aliphatic hydroxyl groups excluding tert-OH is 1. The van der Waals surface area contributed by atoms with E-state index in [2.05, 4.69) is 71.0 Å². The summed E-state index contributed by atoms with van der Waals surface area (Å²) in [5, 5.41) is 11.0. The van der Waals surface area contributed by atoms with Gasteiger partial charge in [-0.1, -0.05) is 124 Å². The predicted octanol–water partition coefficient (Wildman–Crippen LogP) is 8.81. The standard InChI is InChI=1S/C40H54O5/c1-29(22-31(3)39(41)33(5)24-43-26-35-14-10-8-11-15-35)30(2)23-32(4)40(45-28-37-18-20-38(42-7)21-19-37)34(6)25-44-27-36-16-12-9-13-17-36/h8-23,31-34,39-41H,24-28H2,1-7H3/b29-22+,30-23+/t31-,32-,33-,34-,39+,40+/m0/s1. The van der Waals surface area contributed by atoms with Crippen molar-refractivity contribution in [2.24, 2.45) is 23.7 Å². The van der Waals surface area contributed by atoms with Crippen LogP contribution in [0.5, 0.6) is 5.75 Å². The molecular formula is C40H54O5. The first kappa shape index (κ1) is 36.3. The van der Waals surface area contributed by atoms with E-state index >= 15 is 0 Å². The third-order valence-electron chi connectivity index (χ3n) is 8.43. The van der Waals surface area contributed by atoms with Gasteiger partial charge in [0.2, 0.25) is 0 Å². The molecule has 0 aliphatic rings. The van der Waals surface area contributed by atoms with Crippen LogP contribution in [0.4, 0.5) is 0 Å². The molecule has 244 valence electrons. The van der Waals surface area contributed by atoms with Gasteiger partial charge in [-0.25, -0.2) is 0 Å². The van der Waals surface area contributed by atoms with E-state index in [4.69, 9.17) is 18.9 Å². The van der Waals surface area contributed by atoms with Crippen LogP contribution in [-0.2, 0) is 34.0 Å². The lowest BCUT2D eigenvalue weighted by atomic mass is 9.88. The summed E-state index contributed by atoms with van der Waals surface area (Å²) in [7, 11) is 1.68. The number of aliphatic hydroxyl groups is 1. The Morgan fingerprint density at radius 2 is 1.09 bits per heavy atom. The van der Waals surface area contributed by atoms with Gasteiger partial charge in [-0.15, -0.1) is 0 Å². The molecule has 5 heteroatoms. The molecule has 0 aromatic heterocycles. The Bertz CT molecular complexity index is 1290. The number of rotatable bonds is 19. The molecule has 0 aliphatic carbocycles. The third kappa shape index (κ3) is 12.6. The molecule has 0 saturated heterocycles. The Morgan fingerprint density at radius 3 is 1.60 bits per heavy atom. The second-order valence-electron chi connectivity index (χ2n) is 12.5. The lowest BCUT2D eigenvalue weighted by molar-refractivity contribution is -0.0455. The largest absolute Gasteiger partial charge is 0.497 e. The van der Waals surface area contributed by atoms with E-state index in [0.29, 0.717) is 33.0 Å². The summed E-state index contributed by atoms with van der Waals surface area (Å²) < 4.78 is 23.9. The van der Waals surface area contributed by atoms with Gasteiger partial charge in [-0.3, -0.25) is 0 Å². The van der Waals surface area contributed by atoms with Gasteiger partial charge in [-0.05, 0) is 42.7 Å². The quantitative estimate of drug-likeness (QED) is 0.137. The maximum Gasteiger partial charge on any atom is 0.118 e. The Balaban J connectivity index is 1.62. The van der Waals surface area contributed by atoms with Crippen LogP contribution in [0.2, 0.25) is 0 Å². The summed E-state index contributed by atoms with van der Waals surface area (Å²) >= 11 is 0. The van der Waals surface area contributed by atoms with Crippen LogP contribution >= 0.6 is 0 Å². The van der Waals surface area contributed by atoms with Crippen molar-refractivity contribution in [3.05, 3.63) is 125 Å². The normalized spacial score (nSPS) is 16.4. The molecule has 3 aromatic carbocycles. The number of hydrogen-bond donors (Lipinski definition) is 1. The maximum absolute atomic E-state index is 11.0. The topological polar surface area (TPSA) is 57.2 Å². The molecular weight excluding hydrogens is 560 g/mol. The fourth-order valence-electron chi connectivity index (χ4n) is 5.58. The van der Waals surface area contributed by atoms with E-state index in [-0.39, 0.29) is 29.8 Å². The van der Waals surface area contributed by atoms with Crippen LogP contribution in [0.1, 0.15) is 58.2 Å². The molecule has 5 nitrogen and oxygen atoms in total. The number of methoxy groups -OCH3 is 1. The summed E-state index contributed by atoms with van der Waals surface area (Å²) in [6, 6.07) is 28.4. The number of hydrogen-bond acceptors (Lipinski definition) is 5. The zero-order valence-corrected chi connectivity index (χ0v) is 28.3. The highest BCUT2D eigenvalue weighted by molar-refractivity contribution is 5.29. The molecule has 0 aliphatic heterocycles. The molecule has 0 spiro atoms. The van der Waals surface area contributed by atoms with Gasteiger partial charge in [-0.2, -0.15) is 0 Å². The molecule has 0 amide bonds. The van der Waals surface area contributed by atoms with E-state index in [0.717, 1.165) is 22.4 Å². The summed E-state index contributed by atoms with van der Waals surface area (Å²) in [5.41, 5.74) is 5.75. The van der Waals surface area contributed by atoms with Gasteiger partial charge in [0.25, 0.3) is 0 Å². The van der Waals surface area contributed by atoms with Crippen LogP contribution in [0, 0.1) is 23.7 Å². The van der Waals surface area contributed by atoms with E-state index in [1.165, 1.54) is 11.1 Å². The van der Waals surface area contributed by atoms with Crippen molar-refractivity contribution in [3.8, 4) is 5.75 Å². The van der Waals surface area contributed by atoms with Crippen LogP contribution in [0.15, 0.2) is 108 Å². The van der Waals surface area contributed by atoms with Crippen molar-refractivity contribution < 1.29 is 24.1 Å². The fourth-order valence-corrected chi connectivity index (χ4v) is 5.58. The third-order valence-corrected chi connectivity index (χ3v) is 8.43. The molecule has 1 N–H and O–H groups in total. The average molecular weight is 615 g/mol. The Kier molecular flexibility index (Phi) is 15.6. The Labute approximate surface area is 271 Å². The van der Waals surface area contributed by atoms with Gasteiger partial charge >= 0.3 is 0 Å². The molecule has 0 saturated carbocycles. The summed E-state index contributed by atoms with van der Waals surface area (Å²) in [4.78, 5) is 0. The van der Waals surface area contributed by atoms with E-state index in [1.54, 1.807) is 7.11 Å². The number of allylic oxidation sites excluding steroid dienone is 2. The highest BCUT2D eigenvalue weighted by Gasteiger charge is 2.25. The highest BCUT2D eigenvalue weighted by Crippen LogP contribution is 2.26. The summed E-state index contributed by atoms with van der Waals surface area (Å²) in [6.45, 7) is 15.6. The van der Waals surface area contributed by atoms with Crippen LogP contribution in [0.3, 0.4) is 0 Å². The van der Waals surface area contributed by atoms with Crippen molar-refractivity contribution in [1.82, 2.24) is 0 Å². The minimum absolute atomic E-state index is 0.00795. The molecule has 3 aromatic rings. The molecule has 0 bridgehead atoms. The summed E-state index contributed by atoms with van der Waals surface area (Å²) in [6.07, 6.45) is 3.93. The molecule has 3 rings (SSSR count). The van der Waals surface area contributed by atoms with E-state index < -0.39 is 6.10 Å². The van der Waals surface area contributed by atoms with Crippen molar-refractivity contribution in [2.45, 2.75) is 73.6 Å². The molecule has 0 fully saturated rings. The Hall–Kier alpha value is -3.22. The summed E-state index contributed by atoms with van der Waals surface area (Å²) in [5.74, 6) is 1.16. The second kappa shape index (κ2) is 19.3. The van der Waals surface area contributed by atoms with Gasteiger partial charge in [0.1, 0.15) is 5.75 Å². The van der Waals surface area contributed by atoms with E-state index in [9.17, 15) is 5.11 Å². The first-order chi connectivity index (χ1) is 21.7. The number of benzene rings is 3. The van der Waals surface area contributed by atoms with Crippen molar-refractivity contribution in [1.29, 1.82) is 0 Å².